The summed E-state index contributed by atoms with van der Waals surface area (Å²) in [4.78, 5) is 23.0. The van der Waals surface area contributed by atoms with Crippen LogP contribution in [0.4, 0.5) is 4.39 Å². The molecule has 0 saturated carbocycles. The first-order valence-corrected chi connectivity index (χ1v) is 4.12. The zero-order valence-electron chi connectivity index (χ0n) is 7.76. The highest BCUT2D eigenvalue weighted by atomic mass is 19.1. The van der Waals surface area contributed by atoms with Crippen molar-refractivity contribution in [1.82, 2.24) is 10.2 Å². The molecule has 0 unspecified atom stereocenters. The lowest BCUT2D eigenvalue weighted by molar-refractivity contribution is -0.144. The van der Waals surface area contributed by atoms with Crippen molar-refractivity contribution < 1.29 is 14.0 Å². The van der Waals surface area contributed by atoms with Gasteiger partial charge in [-0.3, -0.25) is 9.59 Å². The van der Waals surface area contributed by atoms with Gasteiger partial charge in [-0.15, -0.1) is 0 Å². The molecule has 5 heteroatoms. The number of halogens is 1. The molecule has 74 valence electrons. The molecule has 1 N–H and O–H groups in total. The van der Waals surface area contributed by atoms with Crippen LogP contribution < -0.4 is 5.32 Å². The van der Waals surface area contributed by atoms with Gasteiger partial charge < -0.3 is 10.2 Å². The van der Waals surface area contributed by atoms with Crippen LogP contribution in [-0.2, 0) is 9.59 Å². The molecule has 0 bridgehead atoms. The highest BCUT2D eigenvalue weighted by molar-refractivity contribution is 5.84. The van der Waals surface area contributed by atoms with E-state index < -0.39 is 5.67 Å². The first-order valence-electron chi connectivity index (χ1n) is 4.12. The van der Waals surface area contributed by atoms with Gasteiger partial charge in [-0.05, 0) is 6.92 Å². The normalized spacial score (nSPS) is 19.2. The number of carbonyl (C=O) groups excluding carboxylic acids is 2. The predicted octanol–water partition coefficient (Wildman–Crippen LogP) is -0.307. The molecule has 0 aromatic rings. The van der Waals surface area contributed by atoms with Crippen molar-refractivity contribution in [3.8, 4) is 0 Å². The summed E-state index contributed by atoms with van der Waals surface area (Å²) in [6.07, 6.45) is 0. The smallest absolute Gasteiger partial charge is 0.242 e. The molecular weight excluding hydrogens is 175 g/mol. The van der Waals surface area contributed by atoms with Gasteiger partial charge in [0, 0.05) is 6.92 Å². The summed E-state index contributed by atoms with van der Waals surface area (Å²) in [5.41, 5.74) is -1.24. The van der Waals surface area contributed by atoms with E-state index in [1.54, 1.807) is 0 Å². The van der Waals surface area contributed by atoms with E-state index in [1.165, 1.54) is 18.7 Å². The molecule has 1 rings (SSSR count). The van der Waals surface area contributed by atoms with Crippen molar-refractivity contribution >= 4 is 11.8 Å². The molecule has 0 spiro atoms. The molecule has 1 saturated heterocycles. The molecule has 0 aliphatic carbocycles. The highest BCUT2D eigenvalue weighted by Gasteiger charge is 2.41. The van der Waals surface area contributed by atoms with Gasteiger partial charge in [0.15, 0.2) is 0 Å². The second kappa shape index (κ2) is 3.32. The Bertz CT molecular complexity index is 232. The molecule has 0 radical (unpaired) electrons. The summed E-state index contributed by atoms with van der Waals surface area (Å²) in [6.45, 7) is 3.01. The minimum Gasteiger partial charge on any atom is -0.347 e. The lowest BCUT2D eigenvalue weighted by Gasteiger charge is -2.42. The fourth-order valence-corrected chi connectivity index (χ4v) is 1.24. The summed E-state index contributed by atoms with van der Waals surface area (Å²) in [5, 5.41) is 2.37. The van der Waals surface area contributed by atoms with Crippen molar-refractivity contribution in [2.24, 2.45) is 0 Å². The topological polar surface area (TPSA) is 49.4 Å². The van der Waals surface area contributed by atoms with Gasteiger partial charge in [0.1, 0.15) is 5.67 Å². The van der Waals surface area contributed by atoms with Crippen molar-refractivity contribution in [3.05, 3.63) is 0 Å². The zero-order valence-corrected chi connectivity index (χ0v) is 7.76. The molecular formula is C8H13FN2O2. The summed E-state index contributed by atoms with van der Waals surface area (Å²) in [5.74, 6) is -0.484. The van der Waals surface area contributed by atoms with E-state index in [4.69, 9.17) is 0 Å². The van der Waals surface area contributed by atoms with Gasteiger partial charge in [-0.25, -0.2) is 4.39 Å². The van der Waals surface area contributed by atoms with Crippen LogP contribution >= 0.6 is 0 Å². The third kappa shape index (κ3) is 2.68. The molecule has 2 amide bonds. The van der Waals surface area contributed by atoms with Crippen LogP contribution in [-0.4, -0.2) is 42.0 Å². The summed E-state index contributed by atoms with van der Waals surface area (Å²) < 4.78 is 12.9. The number of carbonyl (C=O) groups is 2. The maximum Gasteiger partial charge on any atom is 0.242 e. The Labute approximate surface area is 76.1 Å². The van der Waals surface area contributed by atoms with Crippen LogP contribution in [0.25, 0.3) is 0 Å². The second-order valence-corrected chi connectivity index (χ2v) is 3.57. The Hall–Kier alpha value is -1.13. The van der Waals surface area contributed by atoms with Gasteiger partial charge in [-0.1, -0.05) is 0 Å². The Morgan fingerprint density at radius 1 is 1.54 bits per heavy atom. The maximum absolute atomic E-state index is 12.9. The monoisotopic (exact) mass is 188 g/mol. The fourth-order valence-electron chi connectivity index (χ4n) is 1.24. The first kappa shape index (κ1) is 9.95. The van der Waals surface area contributed by atoms with Crippen LogP contribution in [0.3, 0.4) is 0 Å². The summed E-state index contributed by atoms with van der Waals surface area (Å²) in [6, 6.07) is 0. The summed E-state index contributed by atoms with van der Waals surface area (Å²) in [7, 11) is 0. The van der Waals surface area contributed by atoms with E-state index in [2.05, 4.69) is 5.32 Å². The Morgan fingerprint density at radius 3 is 2.46 bits per heavy atom. The van der Waals surface area contributed by atoms with E-state index in [-0.39, 0.29) is 31.4 Å². The largest absolute Gasteiger partial charge is 0.347 e. The van der Waals surface area contributed by atoms with Crippen molar-refractivity contribution in [3.63, 3.8) is 0 Å². The minimum absolute atomic E-state index is 0.0363. The van der Waals surface area contributed by atoms with Crippen LogP contribution in [0, 0.1) is 0 Å². The minimum atomic E-state index is -1.24. The molecule has 1 heterocycles. The molecule has 0 aromatic carbocycles. The molecule has 1 aliphatic heterocycles. The Morgan fingerprint density at radius 2 is 2.08 bits per heavy atom. The molecule has 0 aromatic heterocycles. The van der Waals surface area contributed by atoms with E-state index in [0.29, 0.717) is 0 Å². The van der Waals surface area contributed by atoms with Crippen molar-refractivity contribution in [2.45, 2.75) is 19.5 Å². The molecule has 4 nitrogen and oxygen atoms in total. The van der Waals surface area contributed by atoms with Crippen LogP contribution in [0.15, 0.2) is 0 Å². The molecule has 1 aliphatic rings. The van der Waals surface area contributed by atoms with Crippen LogP contribution in [0.5, 0.6) is 0 Å². The molecule has 0 atom stereocenters. The van der Waals surface area contributed by atoms with Crippen molar-refractivity contribution in [2.75, 3.05) is 19.6 Å². The van der Waals surface area contributed by atoms with Gasteiger partial charge >= 0.3 is 0 Å². The number of hydrogen-bond acceptors (Lipinski definition) is 2. The second-order valence-electron chi connectivity index (χ2n) is 3.57. The number of alkyl halides is 1. The fraction of sp³-hybridized carbons (Fsp3) is 0.750. The van der Waals surface area contributed by atoms with Gasteiger partial charge in [0.2, 0.25) is 11.8 Å². The quantitative estimate of drug-likeness (QED) is 0.646. The lowest BCUT2D eigenvalue weighted by atomic mass is 9.99. The van der Waals surface area contributed by atoms with E-state index in [0.717, 1.165) is 0 Å². The standard InChI is InChI=1S/C8H13FN2O2/c1-6(12)10-3-7(13)11-4-8(2,9)5-11/h3-5H2,1-2H3,(H,10,12). The number of rotatable bonds is 2. The van der Waals surface area contributed by atoms with E-state index in [1.807, 2.05) is 0 Å². The molecule has 1 fully saturated rings. The zero-order chi connectivity index (χ0) is 10.1. The van der Waals surface area contributed by atoms with Crippen molar-refractivity contribution in [1.29, 1.82) is 0 Å². The summed E-state index contributed by atoms with van der Waals surface area (Å²) >= 11 is 0. The predicted molar refractivity (Wildman–Crippen MR) is 44.8 cm³/mol. The maximum atomic E-state index is 12.9. The highest BCUT2D eigenvalue weighted by Crippen LogP contribution is 2.23. The first-order chi connectivity index (χ1) is 5.91. The number of amides is 2. The number of nitrogens with zero attached hydrogens (tertiary/aromatic N) is 1. The van der Waals surface area contributed by atoms with Crippen LogP contribution in [0.1, 0.15) is 13.8 Å². The number of hydrogen-bond donors (Lipinski definition) is 1. The van der Waals surface area contributed by atoms with Crippen LogP contribution in [0.2, 0.25) is 0 Å². The SMILES string of the molecule is CC(=O)NCC(=O)N1CC(C)(F)C1. The third-order valence-corrected chi connectivity index (χ3v) is 1.88. The number of nitrogens with one attached hydrogen (secondary N) is 1. The Kier molecular flexibility index (Phi) is 2.54. The average Bonchev–Trinajstić information content (AvgIpc) is 1.95. The van der Waals surface area contributed by atoms with Gasteiger partial charge in [0.05, 0.1) is 19.6 Å². The molecule has 13 heavy (non-hydrogen) atoms. The van der Waals surface area contributed by atoms with E-state index >= 15 is 0 Å². The number of likely N-dealkylation sites (tertiary alicyclic amines) is 1. The van der Waals surface area contributed by atoms with E-state index in [9.17, 15) is 14.0 Å². The average molecular weight is 188 g/mol. The van der Waals surface area contributed by atoms with Gasteiger partial charge in [0.25, 0.3) is 0 Å². The Balaban J connectivity index is 2.23. The lowest BCUT2D eigenvalue weighted by Crippen LogP contribution is -2.60. The third-order valence-electron chi connectivity index (χ3n) is 1.88. The van der Waals surface area contributed by atoms with Gasteiger partial charge in [-0.2, -0.15) is 0 Å².